The van der Waals surface area contributed by atoms with Crippen LogP contribution in [0.25, 0.3) is 0 Å². The highest BCUT2D eigenvalue weighted by Gasteiger charge is 2.32. The van der Waals surface area contributed by atoms with Crippen LogP contribution in [0.1, 0.15) is 27.2 Å². The number of nitrogens with zero attached hydrogens (tertiary/aromatic N) is 1. The van der Waals surface area contributed by atoms with E-state index in [1.54, 1.807) is 0 Å². The van der Waals surface area contributed by atoms with E-state index in [9.17, 15) is 4.39 Å². The van der Waals surface area contributed by atoms with Crippen molar-refractivity contribution in [3.63, 3.8) is 0 Å². The van der Waals surface area contributed by atoms with Crippen molar-refractivity contribution in [3.8, 4) is 0 Å². The van der Waals surface area contributed by atoms with Gasteiger partial charge in [-0.25, -0.2) is 4.39 Å². The first-order chi connectivity index (χ1) is 6.56. The van der Waals surface area contributed by atoms with E-state index in [1.807, 2.05) is 27.8 Å². The van der Waals surface area contributed by atoms with Gasteiger partial charge in [0.1, 0.15) is 0 Å². The molecule has 0 unspecified atom stereocenters. The van der Waals surface area contributed by atoms with Crippen LogP contribution in [0.5, 0.6) is 0 Å². The summed E-state index contributed by atoms with van der Waals surface area (Å²) in [4.78, 5) is 2.15. The molecule has 1 heterocycles. The van der Waals surface area contributed by atoms with Gasteiger partial charge in [0, 0.05) is 6.54 Å². The van der Waals surface area contributed by atoms with Gasteiger partial charge in [0.15, 0.2) is 0 Å². The molecule has 1 rings (SSSR count). The van der Waals surface area contributed by atoms with Gasteiger partial charge >= 0.3 is 0 Å². The maximum absolute atomic E-state index is 12.6. The van der Waals surface area contributed by atoms with Gasteiger partial charge in [-0.1, -0.05) is 0 Å². The Morgan fingerprint density at radius 3 is 2.64 bits per heavy atom. The molecule has 0 aromatic heterocycles. The van der Waals surface area contributed by atoms with E-state index in [1.165, 1.54) is 0 Å². The summed E-state index contributed by atoms with van der Waals surface area (Å²) in [5.74, 6) is 0. The Morgan fingerprint density at radius 1 is 1.50 bits per heavy atom. The van der Waals surface area contributed by atoms with E-state index in [4.69, 9.17) is 4.74 Å². The monoisotopic (exact) mass is 201 g/mol. The van der Waals surface area contributed by atoms with Crippen molar-refractivity contribution >= 4 is 0 Å². The lowest BCUT2D eigenvalue weighted by Crippen LogP contribution is -2.38. The summed E-state index contributed by atoms with van der Waals surface area (Å²) >= 11 is 0. The Labute approximate surface area is 85.7 Å². The van der Waals surface area contributed by atoms with Crippen molar-refractivity contribution in [1.82, 2.24) is 4.90 Å². The number of hydrogen-bond donors (Lipinski definition) is 0. The van der Waals surface area contributed by atoms with E-state index in [0.717, 1.165) is 24.9 Å². The Balaban J connectivity index is 2.64. The molecule has 2 atom stereocenters. The minimum absolute atomic E-state index is 0.0597. The molecule has 0 aromatic rings. The van der Waals surface area contributed by atoms with Crippen molar-refractivity contribution in [2.24, 2.45) is 0 Å². The third-order valence-electron chi connectivity index (χ3n) is 2.68. The Bertz CT molecular complexity index is 215. The highest BCUT2D eigenvalue weighted by Crippen LogP contribution is 2.26. The molecule has 0 saturated carbocycles. The van der Waals surface area contributed by atoms with Gasteiger partial charge in [-0.3, -0.25) is 4.90 Å². The molecule has 2 nitrogen and oxygen atoms in total. The van der Waals surface area contributed by atoms with Crippen molar-refractivity contribution in [3.05, 3.63) is 11.9 Å². The lowest BCUT2D eigenvalue weighted by Gasteiger charge is -2.28. The first kappa shape index (κ1) is 11.7. The van der Waals surface area contributed by atoms with Crippen molar-refractivity contribution in [1.29, 1.82) is 0 Å². The van der Waals surface area contributed by atoms with E-state index in [0.29, 0.717) is 0 Å². The molecule has 0 aromatic carbocycles. The molecular weight excluding hydrogens is 181 g/mol. The van der Waals surface area contributed by atoms with Crippen molar-refractivity contribution in [2.75, 3.05) is 13.6 Å². The minimum Gasteiger partial charge on any atom is -0.374 e. The summed E-state index contributed by atoms with van der Waals surface area (Å²) in [5, 5.41) is 0. The molecule has 82 valence electrons. The fraction of sp³-hybridized carbons (Fsp3) is 0.818. The van der Waals surface area contributed by atoms with Crippen LogP contribution in [0, 0.1) is 0 Å². The van der Waals surface area contributed by atoms with E-state index < -0.39 is 0 Å². The van der Waals surface area contributed by atoms with Crippen molar-refractivity contribution < 1.29 is 9.13 Å². The van der Waals surface area contributed by atoms with Gasteiger partial charge in [-0.05, 0) is 39.8 Å². The van der Waals surface area contributed by atoms with Crippen LogP contribution in [-0.2, 0) is 4.74 Å². The number of hydrogen-bond acceptors (Lipinski definition) is 2. The second-order valence-electron chi connectivity index (χ2n) is 4.25. The fourth-order valence-corrected chi connectivity index (χ4v) is 2.16. The van der Waals surface area contributed by atoms with Crippen LogP contribution in [0.15, 0.2) is 11.9 Å². The maximum atomic E-state index is 12.6. The molecule has 1 fully saturated rings. The second kappa shape index (κ2) is 4.89. The summed E-state index contributed by atoms with van der Waals surface area (Å²) in [5.41, 5.74) is 0.862. The first-order valence-electron chi connectivity index (χ1n) is 5.21. The summed E-state index contributed by atoms with van der Waals surface area (Å²) in [6, 6.07) is 0.113. The largest absolute Gasteiger partial charge is 0.374 e. The molecule has 14 heavy (non-hydrogen) atoms. The smallest absolute Gasteiger partial charge is 0.0876 e. The number of likely N-dealkylation sites (N-methyl/N-ethyl adjacent to an activating group) is 1. The summed E-state index contributed by atoms with van der Waals surface area (Å²) < 4.78 is 18.3. The lowest BCUT2D eigenvalue weighted by atomic mass is 10.1. The van der Waals surface area contributed by atoms with Gasteiger partial charge < -0.3 is 4.74 Å². The van der Waals surface area contributed by atoms with Crippen LogP contribution in [-0.4, -0.2) is 36.7 Å². The van der Waals surface area contributed by atoms with Gasteiger partial charge in [0.05, 0.1) is 24.6 Å². The molecule has 1 aliphatic rings. The molecule has 0 N–H and O–H groups in total. The molecule has 0 bridgehead atoms. The number of rotatable bonds is 3. The lowest BCUT2D eigenvalue weighted by molar-refractivity contribution is -0.0127. The average molecular weight is 201 g/mol. The topological polar surface area (TPSA) is 12.5 Å². The Morgan fingerprint density at radius 2 is 2.14 bits per heavy atom. The van der Waals surface area contributed by atoms with E-state index in [-0.39, 0.29) is 18.2 Å². The number of likely N-dealkylation sites (tertiary alicyclic amines) is 1. The molecule has 1 aliphatic heterocycles. The summed E-state index contributed by atoms with van der Waals surface area (Å²) in [7, 11) is 2.02. The molecule has 0 aliphatic carbocycles. The van der Waals surface area contributed by atoms with Crippen LogP contribution < -0.4 is 0 Å². The standard InChI is InChI=1S/C11H20FNO/c1-8(2)14-9(3)11-10(7-12)5-6-13(11)4/h7-9,11H,5-6H2,1-4H3/b10-7-/t9-,11+/m0/s1. The quantitative estimate of drug-likeness (QED) is 0.695. The Hall–Kier alpha value is -0.410. The SMILES string of the molecule is CC(C)O[C@@H](C)[C@@H]1/C(=C\F)CCN1C. The van der Waals surface area contributed by atoms with Crippen LogP contribution in [0.2, 0.25) is 0 Å². The maximum Gasteiger partial charge on any atom is 0.0876 e. The molecule has 0 radical (unpaired) electrons. The molecule has 1 saturated heterocycles. The minimum atomic E-state index is 0.0597. The third kappa shape index (κ3) is 2.55. The molecular formula is C11H20FNO. The van der Waals surface area contributed by atoms with Crippen LogP contribution in [0.3, 0.4) is 0 Å². The zero-order chi connectivity index (χ0) is 10.7. The normalized spacial score (nSPS) is 29.0. The zero-order valence-corrected chi connectivity index (χ0v) is 9.46. The van der Waals surface area contributed by atoms with E-state index >= 15 is 0 Å². The van der Waals surface area contributed by atoms with Crippen molar-refractivity contribution in [2.45, 2.75) is 45.4 Å². The predicted octanol–water partition coefficient (Wildman–Crippen LogP) is 2.36. The Kier molecular flexibility index (Phi) is 4.08. The van der Waals surface area contributed by atoms with Crippen LogP contribution >= 0.6 is 0 Å². The molecule has 0 amide bonds. The summed E-state index contributed by atoms with van der Waals surface area (Å²) in [6.07, 6.45) is 1.82. The molecule has 0 spiro atoms. The van der Waals surface area contributed by atoms with Gasteiger partial charge in [-0.15, -0.1) is 0 Å². The summed E-state index contributed by atoms with van der Waals surface area (Å²) in [6.45, 7) is 6.94. The van der Waals surface area contributed by atoms with Gasteiger partial charge in [0.2, 0.25) is 0 Å². The van der Waals surface area contributed by atoms with Crippen LogP contribution in [0.4, 0.5) is 4.39 Å². The average Bonchev–Trinajstić information content (AvgIpc) is 2.45. The fourth-order valence-electron chi connectivity index (χ4n) is 2.16. The molecule has 3 heteroatoms. The number of ether oxygens (including phenoxy) is 1. The second-order valence-corrected chi connectivity index (χ2v) is 4.25. The van der Waals surface area contributed by atoms with Gasteiger partial charge in [0.25, 0.3) is 0 Å². The zero-order valence-electron chi connectivity index (χ0n) is 9.46. The highest BCUT2D eigenvalue weighted by atomic mass is 19.1. The highest BCUT2D eigenvalue weighted by molar-refractivity contribution is 5.15. The first-order valence-corrected chi connectivity index (χ1v) is 5.21. The van der Waals surface area contributed by atoms with Gasteiger partial charge in [-0.2, -0.15) is 0 Å². The van der Waals surface area contributed by atoms with E-state index in [2.05, 4.69) is 4.90 Å². The third-order valence-corrected chi connectivity index (χ3v) is 2.68. The number of halogens is 1. The predicted molar refractivity (Wildman–Crippen MR) is 55.9 cm³/mol.